The van der Waals surface area contributed by atoms with Gasteiger partial charge in [0.1, 0.15) is 0 Å². The van der Waals surface area contributed by atoms with Crippen LogP contribution in [-0.2, 0) is 17.9 Å². The third-order valence-corrected chi connectivity index (χ3v) is 2.45. The maximum absolute atomic E-state index is 5.40. The van der Waals surface area contributed by atoms with Crippen LogP contribution in [0.15, 0.2) is 42.9 Å². The van der Waals surface area contributed by atoms with Crippen molar-refractivity contribution < 1.29 is 4.74 Å². The summed E-state index contributed by atoms with van der Waals surface area (Å²) in [6.45, 7) is 8.21. The summed E-state index contributed by atoms with van der Waals surface area (Å²) in [6, 6.07) is 10.4. The smallest absolute Gasteiger partial charge is 0.0952 e. The second kappa shape index (κ2) is 8.48. The molecule has 0 aliphatic carbocycles. The zero-order valence-electron chi connectivity index (χ0n) is 11.5. The van der Waals surface area contributed by atoms with Gasteiger partial charge in [0, 0.05) is 13.2 Å². The van der Waals surface area contributed by atoms with Gasteiger partial charge in [-0.2, -0.15) is 0 Å². The van der Waals surface area contributed by atoms with E-state index in [1.54, 1.807) is 0 Å². The Morgan fingerprint density at radius 2 is 1.89 bits per heavy atom. The first kappa shape index (κ1) is 14.5. The Hall–Kier alpha value is -1.61. The second-order valence-electron chi connectivity index (χ2n) is 3.64. The molecule has 0 aliphatic heterocycles. The summed E-state index contributed by atoms with van der Waals surface area (Å²) in [5.74, 6) is 0. The van der Waals surface area contributed by atoms with Crippen molar-refractivity contribution in [2.75, 3.05) is 6.61 Å². The van der Waals surface area contributed by atoms with Gasteiger partial charge in [-0.1, -0.05) is 44.2 Å². The minimum absolute atomic E-state index is 0.628. The second-order valence-corrected chi connectivity index (χ2v) is 3.64. The Morgan fingerprint density at radius 3 is 2.56 bits per heavy atom. The van der Waals surface area contributed by atoms with Gasteiger partial charge in [-0.25, -0.2) is 4.98 Å². The van der Waals surface area contributed by atoms with E-state index in [9.17, 15) is 0 Å². The zero-order chi connectivity index (χ0) is 13.2. The molecule has 0 spiro atoms. The minimum atomic E-state index is 0.628. The molecule has 0 amide bonds. The monoisotopic (exact) mass is 246 g/mol. The van der Waals surface area contributed by atoms with Crippen LogP contribution in [0, 0.1) is 0 Å². The largest absolute Gasteiger partial charge is 0.375 e. The average Bonchev–Trinajstić information content (AvgIpc) is 2.87. The summed E-state index contributed by atoms with van der Waals surface area (Å²) in [5, 5.41) is 0. The molecule has 0 N–H and O–H groups in total. The van der Waals surface area contributed by atoms with E-state index in [0.717, 1.165) is 18.8 Å². The Kier molecular flexibility index (Phi) is 6.81. The number of imidazole rings is 1. The molecule has 18 heavy (non-hydrogen) atoms. The highest BCUT2D eigenvalue weighted by Gasteiger charge is 2.02. The molecule has 0 saturated carbocycles. The van der Waals surface area contributed by atoms with Crippen LogP contribution in [0.1, 0.15) is 32.0 Å². The highest BCUT2D eigenvalue weighted by molar-refractivity contribution is 5.16. The molecular formula is C15H22N2O. The van der Waals surface area contributed by atoms with Crippen molar-refractivity contribution in [3.63, 3.8) is 0 Å². The van der Waals surface area contributed by atoms with E-state index in [2.05, 4.69) is 33.8 Å². The van der Waals surface area contributed by atoms with Crippen LogP contribution in [0.4, 0.5) is 0 Å². The third kappa shape index (κ3) is 4.34. The van der Waals surface area contributed by atoms with Crippen LogP contribution in [0.5, 0.6) is 0 Å². The molecule has 3 nitrogen and oxygen atoms in total. The van der Waals surface area contributed by atoms with E-state index < -0.39 is 0 Å². The van der Waals surface area contributed by atoms with Crippen molar-refractivity contribution in [1.82, 2.24) is 9.55 Å². The lowest BCUT2D eigenvalue weighted by Crippen LogP contribution is -2.04. The first-order valence-corrected chi connectivity index (χ1v) is 6.51. The number of nitrogens with zero attached hydrogens (tertiary/aromatic N) is 2. The van der Waals surface area contributed by atoms with Crippen molar-refractivity contribution in [3.8, 4) is 0 Å². The number of aromatic nitrogens is 2. The fraction of sp³-hybridized carbons (Fsp3) is 0.400. The van der Waals surface area contributed by atoms with Gasteiger partial charge in [-0.05, 0) is 12.5 Å². The van der Waals surface area contributed by atoms with E-state index in [-0.39, 0.29) is 0 Å². The van der Waals surface area contributed by atoms with Crippen molar-refractivity contribution in [1.29, 1.82) is 0 Å². The molecule has 2 rings (SSSR count). The van der Waals surface area contributed by atoms with E-state index >= 15 is 0 Å². The predicted molar refractivity (Wildman–Crippen MR) is 74.4 cm³/mol. The summed E-state index contributed by atoms with van der Waals surface area (Å²) in [7, 11) is 0. The number of benzene rings is 1. The Morgan fingerprint density at radius 1 is 1.17 bits per heavy atom. The lowest BCUT2D eigenvalue weighted by molar-refractivity contribution is 0.129. The van der Waals surface area contributed by atoms with Gasteiger partial charge in [0.2, 0.25) is 0 Å². The van der Waals surface area contributed by atoms with Gasteiger partial charge in [-0.3, -0.25) is 0 Å². The molecule has 0 atom stereocenters. The Labute approximate surface area is 109 Å². The van der Waals surface area contributed by atoms with Gasteiger partial charge >= 0.3 is 0 Å². The maximum Gasteiger partial charge on any atom is 0.0952 e. The molecule has 2 aromatic rings. The normalized spacial score (nSPS) is 9.72. The summed E-state index contributed by atoms with van der Waals surface area (Å²) in [5.41, 5.74) is 2.39. The zero-order valence-corrected chi connectivity index (χ0v) is 11.5. The van der Waals surface area contributed by atoms with E-state index in [4.69, 9.17) is 4.74 Å². The van der Waals surface area contributed by atoms with E-state index in [1.165, 1.54) is 5.56 Å². The predicted octanol–water partition coefficient (Wildman–Crippen LogP) is 3.49. The van der Waals surface area contributed by atoms with Crippen molar-refractivity contribution in [2.45, 2.75) is 33.9 Å². The molecule has 0 aliphatic rings. The Balaban J connectivity index is 0.000000771. The summed E-state index contributed by atoms with van der Waals surface area (Å²) < 4.78 is 7.51. The molecule has 3 heteroatoms. The molecule has 1 aromatic carbocycles. The van der Waals surface area contributed by atoms with Crippen molar-refractivity contribution in [3.05, 3.63) is 54.1 Å². The molecule has 0 saturated heterocycles. The fourth-order valence-electron chi connectivity index (χ4n) is 1.60. The number of ether oxygens (including phenoxy) is 1. The number of hydrogen-bond acceptors (Lipinski definition) is 2. The molecule has 0 fully saturated rings. The SMILES string of the molecule is CC.CCOCc1cncn1Cc1ccccc1. The van der Waals surface area contributed by atoms with Gasteiger partial charge in [0.25, 0.3) is 0 Å². The quantitative estimate of drug-likeness (QED) is 0.807. The molecule has 0 radical (unpaired) electrons. The number of rotatable bonds is 5. The van der Waals surface area contributed by atoms with Gasteiger partial charge in [-0.15, -0.1) is 0 Å². The first-order chi connectivity index (χ1) is 8.90. The van der Waals surface area contributed by atoms with Crippen LogP contribution >= 0.6 is 0 Å². The molecule has 0 unspecified atom stereocenters. The summed E-state index contributed by atoms with van der Waals surface area (Å²) in [6.07, 6.45) is 3.71. The standard InChI is InChI=1S/C13H16N2O.C2H6/c1-2-16-10-13-8-14-11-15(13)9-12-6-4-3-5-7-12;1-2/h3-8,11H,2,9-10H2,1H3;1-2H3. The van der Waals surface area contributed by atoms with Crippen LogP contribution in [0.3, 0.4) is 0 Å². The topological polar surface area (TPSA) is 27.1 Å². The van der Waals surface area contributed by atoms with Crippen LogP contribution in [-0.4, -0.2) is 16.2 Å². The van der Waals surface area contributed by atoms with Crippen molar-refractivity contribution >= 4 is 0 Å². The summed E-state index contributed by atoms with van der Waals surface area (Å²) >= 11 is 0. The molecule has 0 bridgehead atoms. The van der Waals surface area contributed by atoms with Crippen molar-refractivity contribution in [2.24, 2.45) is 0 Å². The number of hydrogen-bond donors (Lipinski definition) is 0. The van der Waals surface area contributed by atoms with Crippen LogP contribution in [0.2, 0.25) is 0 Å². The summed E-state index contributed by atoms with van der Waals surface area (Å²) in [4.78, 5) is 4.15. The van der Waals surface area contributed by atoms with Gasteiger partial charge in [0.05, 0.1) is 24.8 Å². The lowest BCUT2D eigenvalue weighted by Gasteiger charge is -2.07. The molecule has 98 valence electrons. The average molecular weight is 246 g/mol. The van der Waals surface area contributed by atoms with E-state index in [0.29, 0.717) is 6.61 Å². The van der Waals surface area contributed by atoms with Gasteiger partial charge in [0.15, 0.2) is 0 Å². The fourth-order valence-corrected chi connectivity index (χ4v) is 1.60. The van der Waals surface area contributed by atoms with Crippen LogP contribution in [0.25, 0.3) is 0 Å². The first-order valence-electron chi connectivity index (χ1n) is 6.51. The molecule has 1 heterocycles. The molecule has 1 aromatic heterocycles. The van der Waals surface area contributed by atoms with E-state index in [1.807, 2.05) is 39.4 Å². The third-order valence-electron chi connectivity index (χ3n) is 2.45. The highest BCUT2D eigenvalue weighted by atomic mass is 16.5. The lowest BCUT2D eigenvalue weighted by atomic mass is 10.2. The van der Waals surface area contributed by atoms with Gasteiger partial charge < -0.3 is 9.30 Å². The highest BCUT2D eigenvalue weighted by Crippen LogP contribution is 2.07. The Bertz CT molecular complexity index is 423. The van der Waals surface area contributed by atoms with Crippen LogP contribution < -0.4 is 0 Å². The maximum atomic E-state index is 5.40. The minimum Gasteiger partial charge on any atom is -0.375 e. The molecular weight excluding hydrogens is 224 g/mol.